The Morgan fingerprint density at radius 2 is 1.09 bits per heavy atom. The van der Waals surface area contributed by atoms with Gasteiger partial charge < -0.3 is 0 Å². The van der Waals surface area contributed by atoms with Crippen LogP contribution in [0.4, 0.5) is 0 Å². The molecule has 0 bridgehead atoms. The second kappa shape index (κ2) is 7.89. The quantitative estimate of drug-likeness (QED) is 0.276. The van der Waals surface area contributed by atoms with E-state index in [4.69, 9.17) is 26.6 Å². The van der Waals surface area contributed by atoms with Crippen LogP contribution >= 0.6 is 11.6 Å². The topological polar surface area (TPSA) is 38.7 Å². The van der Waals surface area contributed by atoms with E-state index >= 15 is 0 Å². The summed E-state index contributed by atoms with van der Waals surface area (Å²) in [6.07, 6.45) is 0. The van der Waals surface area contributed by atoms with Crippen LogP contribution in [0.1, 0.15) is 25.0 Å². The van der Waals surface area contributed by atoms with Crippen LogP contribution in [0.2, 0.25) is 5.02 Å². The first-order valence-electron chi connectivity index (χ1n) is 11.3. The molecule has 0 saturated heterocycles. The van der Waals surface area contributed by atoms with Crippen molar-refractivity contribution < 1.29 is 0 Å². The predicted octanol–water partition coefficient (Wildman–Crippen LogP) is 7.83. The first-order chi connectivity index (χ1) is 16.5. The van der Waals surface area contributed by atoms with Gasteiger partial charge in [-0.2, -0.15) is 0 Å². The van der Waals surface area contributed by atoms with Gasteiger partial charge in [-0.3, -0.25) is 0 Å². The van der Waals surface area contributed by atoms with E-state index in [1.54, 1.807) is 0 Å². The van der Waals surface area contributed by atoms with Gasteiger partial charge in [0.2, 0.25) is 0 Å². The molecule has 4 heteroatoms. The summed E-state index contributed by atoms with van der Waals surface area (Å²) in [6.45, 7) is 4.46. The highest BCUT2D eigenvalue weighted by Crippen LogP contribution is 2.54. The third-order valence-corrected chi connectivity index (χ3v) is 6.90. The molecular formula is C30H22ClN3. The molecule has 0 fully saturated rings. The lowest BCUT2D eigenvalue weighted by Gasteiger charge is -2.22. The molecule has 0 radical (unpaired) electrons. The molecule has 0 saturated carbocycles. The Hall–Kier alpha value is -3.82. The summed E-state index contributed by atoms with van der Waals surface area (Å²) in [4.78, 5) is 14.8. The highest BCUT2D eigenvalue weighted by Gasteiger charge is 2.39. The fraction of sp³-hybridized carbons (Fsp3) is 0.100. The highest BCUT2D eigenvalue weighted by molar-refractivity contribution is 6.32. The first-order valence-corrected chi connectivity index (χ1v) is 11.7. The van der Waals surface area contributed by atoms with E-state index in [-0.39, 0.29) is 5.41 Å². The molecule has 3 nitrogen and oxygen atoms in total. The lowest BCUT2D eigenvalue weighted by molar-refractivity contribution is 0.660. The Labute approximate surface area is 204 Å². The minimum Gasteiger partial charge on any atom is -0.208 e. The van der Waals surface area contributed by atoms with Crippen molar-refractivity contribution in [3.05, 3.63) is 113 Å². The van der Waals surface area contributed by atoms with Gasteiger partial charge in [-0.15, -0.1) is 0 Å². The number of rotatable bonds is 3. The van der Waals surface area contributed by atoms with Crippen molar-refractivity contribution in [3.63, 3.8) is 0 Å². The number of nitrogens with zero attached hydrogens (tertiary/aromatic N) is 3. The van der Waals surface area contributed by atoms with Crippen LogP contribution in [-0.4, -0.2) is 15.0 Å². The molecule has 0 unspecified atom stereocenters. The second-order valence-corrected chi connectivity index (χ2v) is 9.46. The number of benzene rings is 4. The van der Waals surface area contributed by atoms with E-state index in [9.17, 15) is 0 Å². The lowest BCUT2D eigenvalue weighted by Crippen LogP contribution is -2.15. The summed E-state index contributed by atoms with van der Waals surface area (Å²) in [5, 5.41) is 0.764. The van der Waals surface area contributed by atoms with E-state index < -0.39 is 0 Å². The average molecular weight is 460 g/mol. The normalized spacial score (nSPS) is 13.4. The number of hydrogen-bond donors (Lipinski definition) is 0. The molecule has 1 aliphatic carbocycles. The molecule has 0 amide bonds. The zero-order chi connectivity index (χ0) is 23.3. The molecule has 1 aliphatic rings. The Morgan fingerprint density at radius 3 is 1.71 bits per heavy atom. The lowest BCUT2D eigenvalue weighted by atomic mass is 9.82. The zero-order valence-corrected chi connectivity index (χ0v) is 19.7. The van der Waals surface area contributed by atoms with Gasteiger partial charge in [0.05, 0.1) is 0 Å². The molecule has 5 aromatic rings. The summed E-state index contributed by atoms with van der Waals surface area (Å²) in [5.41, 5.74) is 7.34. The SMILES string of the molecule is CC1(C)c2ccccc2-c2c(-c3nc(-c4ccccc4)nc(-c4ccccc4)n3)ccc(Cl)c21. The summed E-state index contributed by atoms with van der Waals surface area (Å²) >= 11 is 6.80. The largest absolute Gasteiger partial charge is 0.208 e. The van der Waals surface area contributed by atoms with Gasteiger partial charge in [0.1, 0.15) is 0 Å². The Morgan fingerprint density at radius 1 is 0.559 bits per heavy atom. The fourth-order valence-corrected chi connectivity index (χ4v) is 5.36. The molecule has 1 aromatic heterocycles. The Bertz CT molecular complexity index is 1470. The third-order valence-electron chi connectivity index (χ3n) is 6.59. The van der Waals surface area contributed by atoms with E-state index in [2.05, 4.69) is 38.1 Å². The Kier molecular flexibility index (Phi) is 4.82. The second-order valence-electron chi connectivity index (χ2n) is 9.05. The van der Waals surface area contributed by atoms with Crippen LogP contribution in [-0.2, 0) is 5.41 Å². The fourth-order valence-electron chi connectivity index (χ4n) is 4.96. The molecule has 0 aliphatic heterocycles. The molecule has 0 N–H and O–H groups in total. The maximum absolute atomic E-state index is 6.80. The third kappa shape index (κ3) is 3.24. The van der Waals surface area contributed by atoms with Crippen LogP contribution < -0.4 is 0 Å². The maximum Gasteiger partial charge on any atom is 0.164 e. The molecule has 164 valence electrons. The summed E-state index contributed by atoms with van der Waals surface area (Å²) < 4.78 is 0. The standard InChI is InChI=1S/C30H22ClN3/c1-30(2)23-16-10-9-15-21(23)25-22(17-18-24(31)26(25)30)29-33-27(19-11-5-3-6-12-19)32-28(34-29)20-13-7-4-8-14-20/h3-18H,1-2H3. The highest BCUT2D eigenvalue weighted by atomic mass is 35.5. The minimum atomic E-state index is -0.212. The first kappa shape index (κ1) is 20.8. The van der Waals surface area contributed by atoms with Crippen molar-refractivity contribution in [2.24, 2.45) is 0 Å². The van der Waals surface area contributed by atoms with Gasteiger partial charge in [-0.1, -0.05) is 110 Å². The number of aromatic nitrogens is 3. The van der Waals surface area contributed by atoms with Crippen molar-refractivity contribution in [1.82, 2.24) is 15.0 Å². The van der Waals surface area contributed by atoms with Crippen LogP contribution in [0.3, 0.4) is 0 Å². The van der Waals surface area contributed by atoms with E-state index in [1.807, 2.05) is 72.8 Å². The monoisotopic (exact) mass is 459 g/mol. The van der Waals surface area contributed by atoms with Crippen LogP contribution in [0.5, 0.6) is 0 Å². The predicted molar refractivity (Wildman–Crippen MR) is 139 cm³/mol. The van der Waals surface area contributed by atoms with Crippen molar-refractivity contribution >= 4 is 11.6 Å². The molecule has 0 atom stereocenters. The Balaban J connectivity index is 1.65. The summed E-state index contributed by atoms with van der Waals surface area (Å²) in [7, 11) is 0. The van der Waals surface area contributed by atoms with E-state index in [1.165, 1.54) is 11.1 Å². The molecule has 34 heavy (non-hydrogen) atoms. The molecule has 1 heterocycles. The van der Waals surface area contributed by atoms with Crippen LogP contribution in [0, 0.1) is 0 Å². The number of hydrogen-bond acceptors (Lipinski definition) is 3. The van der Waals surface area contributed by atoms with Gasteiger partial charge in [0.15, 0.2) is 17.5 Å². The smallest absolute Gasteiger partial charge is 0.164 e. The minimum absolute atomic E-state index is 0.212. The summed E-state index contributed by atoms with van der Waals surface area (Å²) in [6, 6.07) is 32.6. The number of fused-ring (bicyclic) bond motifs is 3. The molecule has 0 spiro atoms. The van der Waals surface area contributed by atoms with Crippen molar-refractivity contribution in [2.75, 3.05) is 0 Å². The van der Waals surface area contributed by atoms with Crippen molar-refractivity contribution in [3.8, 4) is 45.3 Å². The molecule has 6 rings (SSSR count). The van der Waals surface area contributed by atoms with Gasteiger partial charge >= 0.3 is 0 Å². The van der Waals surface area contributed by atoms with Crippen molar-refractivity contribution in [1.29, 1.82) is 0 Å². The van der Waals surface area contributed by atoms with E-state index in [0.717, 1.165) is 32.8 Å². The van der Waals surface area contributed by atoms with Gasteiger partial charge in [0, 0.05) is 27.1 Å². The van der Waals surface area contributed by atoms with Gasteiger partial charge in [0.25, 0.3) is 0 Å². The van der Waals surface area contributed by atoms with Crippen LogP contribution in [0.15, 0.2) is 97.1 Å². The van der Waals surface area contributed by atoms with Crippen molar-refractivity contribution in [2.45, 2.75) is 19.3 Å². The van der Waals surface area contributed by atoms with Gasteiger partial charge in [-0.05, 0) is 34.4 Å². The van der Waals surface area contributed by atoms with E-state index in [0.29, 0.717) is 17.5 Å². The molecule has 4 aromatic carbocycles. The summed E-state index contributed by atoms with van der Waals surface area (Å²) in [5.74, 6) is 1.95. The molecular weight excluding hydrogens is 438 g/mol. The zero-order valence-electron chi connectivity index (χ0n) is 19.0. The van der Waals surface area contributed by atoms with Crippen LogP contribution in [0.25, 0.3) is 45.3 Å². The maximum atomic E-state index is 6.80. The average Bonchev–Trinajstić information content (AvgIpc) is 3.13. The van der Waals surface area contributed by atoms with Gasteiger partial charge in [-0.25, -0.2) is 15.0 Å². The number of halogens is 1.